The van der Waals surface area contributed by atoms with Crippen LogP contribution in [0.5, 0.6) is 0 Å². The van der Waals surface area contributed by atoms with Gasteiger partial charge in [0.2, 0.25) is 0 Å². The van der Waals surface area contributed by atoms with Gasteiger partial charge in [0.15, 0.2) is 0 Å². The van der Waals surface area contributed by atoms with Crippen LogP contribution in [0, 0.1) is 5.41 Å². The summed E-state index contributed by atoms with van der Waals surface area (Å²) in [5.74, 6) is -0.931. The molecule has 204 valence electrons. The fourth-order valence-corrected chi connectivity index (χ4v) is 5.05. The van der Waals surface area contributed by atoms with E-state index in [0.717, 1.165) is 51.0 Å². The summed E-state index contributed by atoms with van der Waals surface area (Å²) in [6.07, 6.45) is 3.11. The molecule has 0 bridgehead atoms. The summed E-state index contributed by atoms with van der Waals surface area (Å²) >= 11 is 0. The van der Waals surface area contributed by atoms with E-state index in [0.29, 0.717) is 11.7 Å². The van der Waals surface area contributed by atoms with Crippen molar-refractivity contribution in [2.45, 2.75) is 58.6 Å². The summed E-state index contributed by atoms with van der Waals surface area (Å²) in [5.41, 5.74) is 6.28. The van der Waals surface area contributed by atoms with Gasteiger partial charge in [-0.05, 0) is 76.2 Å². The Morgan fingerprint density at radius 3 is 2.06 bits per heavy atom. The Kier molecular flexibility index (Phi) is 14.6. The van der Waals surface area contributed by atoms with E-state index in [1.54, 1.807) is 12.1 Å². The normalized spacial score (nSPS) is 23.6. The van der Waals surface area contributed by atoms with Crippen molar-refractivity contribution in [1.29, 1.82) is 0 Å². The van der Waals surface area contributed by atoms with E-state index < -0.39 is 11.6 Å². The van der Waals surface area contributed by atoms with Crippen molar-refractivity contribution in [1.82, 2.24) is 9.80 Å². The third kappa shape index (κ3) is 8.63. The Bertz CT molecular complexity index is 895. The second kappa shape index (κ2) is 15.4. The SMILES string of the molecule is CCCN(CCC)CC1(C)CN(C)C(C)CC1(O)c1ccccc1.Cl.Cl.Nc1ccc(C(=O)O)cc1. The van der Waals surface area contributed by atoms with Crippen molar-refractivity contribution in [3.63, 3.8) is 0 Å². The minimum Gasteiger partial charge on any atom is -0.478 e. The number of aromatic carboxylic acids is 1. The fraction of sp³-hybridized carbons (Fsp3) is 0.536. The number of rotatable bonds is 8. The lowest BCUT2D eigenvalue weighted by atomic mass is 9.63. The molecule has 3 rings (SSSR count). The van der Waals surface area contributed by atoms with Crippen LogP contribution >= 0.6 is 24.8 Å². The first-order chi connectivity index (χ1) is 16.1. The summed E-state index contributed by atoms with van der Waals surface area (Å²) in [6.45, 7) is 13.1. The summed E-state index contributed by atoms with van der Waals surface area (Å²) < 4.78 is 0. The van der Waals surface area contributed by atoms with Crippen LogP contribution in [0.4, 0.5) is 5.69 Å². The molecule has 36 heavy (non-hydrogen) atoms. The van der Waals surface area contributed by atoms with Gasteiger partial charge in [-0.1, -0.05) is 51.1 Å². The standard InChI is InChI=1S/C21H36N2O.C7H7NO2.2ClH/c1-6-13-23(14-7-2)17-20(4)16-22(5)18(3)15-21(20,24)19-11-9-8-10-12-19;8-6-3-1-5(2-4-6)7(9)10;;/h8-12,18,24H,6-7,13-17H2,1-5H3;1-4H,8H2,(H,9,10);2*1H. The van der Waals surface area contributed by atoms with Gasteiger partial charge in [-0.3, -0.25) is 0 Å². The number of nitrogens with two attached hydrogens (primary N) is 1. The van der Waals surface area contributed by atoms with Crippen LogP contribution < -0.4 is 5.73 Å². The molecular formula is C28H45Cl2N3O3. The van der Waals surface area contributed by atoms with E-state index >= 15 is 0 Å². The van der Waals surface area contributed by atoms with Gasteiger partial charge in [-0.2, -0.15) is 0 Å². The number of hydrogen-bond donors (Lipinski definition) is 3. The number of carbonyl (C=O) groups is 1. The van der Waals surface area contributed by atoms with Gasteiger partial charge < -0.3 is 25.7 Å². The Balaban J connectivity index is 0.000000864. The van der Waals surface area contributed by atoms with Gasteiger partial charge in [-0.25, -0.2) is 4.79 Å². The van der Waals surface area contributed by atoms with Crippen molar-refractivity contribution in [2.75, 3.05) is 39.0 Å². The third-order valence-corrected chi connectivity index (χ3v) is 7.00. The average Bonchev–Trinajstić information content (AvgIpc) is 2.79. The maximum atomic E-state index is 11.9. The van der Waals surface area contributed by atoms with Gasteiger partial charge in [0.25, 0.3) is 0 Å². The molecule has 1 aliphatic heterocycles. The lowest BCUT2D eigenvalue weighted by Crippen LogP contribution is -2.62. The number of halogens is 2. The summed E-state index contributed by atoms with van der Waals surface area (Å²) in [6, 6.07) is 16.8. The van der Waals surface area contributed by atoms with Gasteiger partial charge >= 0.3 is 5.97 Å². The number of nitrogen functional groups attached to an aromatic ring is 1. The lowest BCUT2D eigenvalue weighted by molar-refractivity contribution is -0.154. The number of anilines is 1. The monoisotopic (exact) mass is 541 g/mol. The van der Waals surface area contributed by atoms with Crippen LogP contribution in [0.15, 0.2) is 54.6 Å². The van der Waals surface area contributed by atoms with Crippen molar-refractivity contribution in [2.24, 2.45) is 5.41 Å². The minimum absolute atomic E-state index is 0. The quantitative estimate of drug-likeness (QED) is 0.380. The van der Waals surface area contributed by atoms with Crippen molar-refractivity contribution >= 4 is 36.5 Å². The number of likely N-dealkylation sites (tertiary alicyclic amines) is 1. The maximum absolute atomic E-state index is 11.9. The van der Waals surface area contributed by atoms with Gasteiger partial charge in [0.1, 0.15) is 0 Å². The van der Waals surface area contributed by atoms with Crippen LogP contribution in [0.25, 0.3) is 0 Å². The minimum atomic E-state index is -0.931. The molecule has 4 N–H and O–H groups in total. The van der Waals surface area contributed by atoms with Gasteiger partial charge in [-0.15, -0.1) is 24.8 Å². The zero-order valence-corrected chi connectivity index (χ0v) is 23.9. The highest BCUT2D eigenvalue weighted by molar-refractivity contribution is 5.87. The van der Waals surface area contributed by atoms with E-state index in [4.69, 9.17) is 10.8 Å². The molecule has 2 aromatic rings. The van der Waals surface area contributed by atoms with E-state index in [-0.39, 0.29) is 35.8 Å². The number of carboxylic acids is 1. The molecule has 1 saturated heterocycles. The third-order valence-electron chi connectivity index (χ3n) is 7.00. The Morgan fingerprint density at radius 1 is 1.06 bits per heavy atom. The average molecular weight is 543 g/mol. The number of hydrogen-bond acceptors (Lipinski definition) is 5. The topological polar surface area (TPSA) is 90.0 Å². The van der Waals surface area contributed by atoms with Gasteiger partial charge in [0.05, 0.1) is 11.2 Å². The summed E-state index contributed by atoms with van der Waals surface area (Å²) in [4.78, 5) is 15.2. The molecule has 0 spiro atoms. The second-order valence-corrected chi connectivity index (χ2v) is 9.96. The Labute approximate surface area is 229 Å². The zero-order valence-electron chi connectivity index (χ0n) is 22.3. The first-order valence-corrected chi connectivity index (χ1v) is 12.4. The Morgan fingerprint density at radius 2 is 1.58 bits per heavy atom. The van der Waals surface area contributed by atoms with Gasteiger partial charge in [0, 0.05) is 30.2 Å². The molecule has 1 aliphatic rings. The highest BCUT2D eigenvalue weighted by Gasteiger charge is 2.53. The number of piperidine rings is 1. The van der Waals surface area contributed by atoms with E-state index in [2.05, 4.69) is 56.7 Å². The summed E-state index contributed by atoms with van der Waals surface area (Å²) in [5, 5.41) is 20.3. The largest absolute Gasteiger partial charge is 0.478 e. The fourth-order valence-electron chi connectivity index (χ4n) is 5.05. The molecule has 0 aliphatic carbocycles. The van der Waals surface area contributed by atoms with Crippen molar-refractivity contribution < 1.29 is 15.0 Å². The molecule has 6 nitrogen and oxygen atoms in total. The molecule has 3 unspecified atom stereocenters. The molecule has 3 atom stereocenters. The summed E-state index contributed by atoms with van der Waals surface area (Å²) in [7, 11) is 2.19. The van der Waals surface area contributed by atoms with E-state index in [1.807, 2.05) is 18.2 Å². The van der Waals surface area contributed by atoms with E-state index in [9.17, 15) is 9.90 Å². The predicted molar refractivity (Wildman–Crippen MR) is 154 cm³/mol. The molecule has 0 radical (unpaired) electrons. The molecule has 0 amide bonds. The van der Waals surface area contributed by atoms with Crippen LogP contribution in [0.3, 0.4) is 0 Å². The smallest absolute Gasteiger partial charge is 0.335 e. The number of nitrogens with zero attached hydrogens (tertiary/aromatic N) is 2. The molecule has 1 fully saturated rings. The predicted octanol–water partition coefficient (Wildman–Crippen LogP) is 5.54. The van der Waals surface area contributed by atoms with Crippen LogP contribution in [0.1, 0.15) is 62.9 Å². The maximum Gasteiger partial charge on any atom is 0.335 e. The van der Waals surface area contributed by atoms with Crippen molar-refractivity contribution in [3.8, 4) is 0 Å². The number of benzene rings is 2. The number of carboxylic acid groups (broad SMARTS) is 1. The Hall–Kier alpha value is -1.83. The van der Waals surface area contributed by atoms with Crippen LogP contribution in [0.2, 0.25) is 0 Å². The number of aliphatic hydroxyl groups is 1. The highest BCUT2D eigenvalue weighted by atomic mass is 35.5. The van der Waals surface area contributed by atoms with E-state index in [1.165, 1.54) is 12.1 Å². The molecule has 8 heteroatoms. The molecule has 0 aromatic heterocycles. The zero-order chi connectivity index (χ0) is 25.4. The molecule has 2 aromatic carbocycles. The first kappa shape index (κ1) is 34.2. The second-order valence-electron chi connectivity index (χ2n) is 9.96. The molecule has 0 saturated carbocycles. The first-order valence-electron chi connectivity index (χ1n) is 12.4. The van der Waals surface area contributed by atoms with Crippen molar-refractivity contribution in [3.05, 3.63) is 65.7 Å². The molecular weight excluding hydrogens is 497 g/mol. The molecule has 1 heterocycles. The lowest BCUT2D eigenvalue weighted by Gasteiger charge is -2.55. The van der Waals surface area contributed by atoms with Crippen LogP contribution in [-0.2, 0) is 5.60 Å². The highest BCUT2D eigenvalue weighted by Crippen LogP contribution is 2.48. The van der Waals surface area contributed by atoms with Crippen LogP contribution in [-0.4, -0.2) is 65.3 Å².